The Hall–Kier alpha value is -1.23. The fourth-order valence-electron chi connectivity index (χ4n) is 2.87. The topological polar surface area (TPSA) is 50.3 Å². The number of anilines is 2. The maximum absolute atomic E-state index is 6.25. The predicted octanol–water partition coefficient (Wildman–Crippen LogP) is 1.10. The number of nitrogens with zero attached hydrogens (tertiary/aromatic N) is 4. The van der Waals surface area contributed by atoms with Crippen LogP contribution in [0.5, 0.6) is 0 Å². The quantitative estimate of drug-likeness (QED) is 0.855. The van der Waals surface area contributed by atoms with E-state index in [2.05, 4.69) is 35.8 Å². The first-order valence-electron chi connectivity index (χ1n) is 6.81. The van der Waals surface area contributed by atoms with Gasteiger partial charge in [0.05, 0.1) is 11.4 Å². The van der Waals surface area contributed by atoms with Gasteiger partial charge in [-0.05, 0) is 33.4 Å². The van der Waals surface area contributed by atoms with Crippen molar-refractivity contribution in [3.05, 3.63) is 5.69 Å². The third-order valence-corrected chi connectivity index (χ3v) is 3.78. The van der Waals surface area contributed by atoms with Gasteiger partial charge in [-0.25, -0.2) is 0 Å². The van der Waals surface area contributed by atoms with Gasteiger partial charge in [-0.2, -0.15) is 5.10 Å². The maximum Gasteiger partial charge on any atom is 0.150 e. The second kappa shape index (κ2) is 5.18. The molecule has 1 atom stereocenters. The number of hydrogen-bond acceptors (Lipinski definition) is 4. The Morgan fingerprint density at radius 3 is 2.67 bits per heavy atom. The SMILES string of the molecule is CCc1nn(C)c(N2CCCN(C)CC2C)c1N. The average molecular weight is 251 g/mol. The molecular formula is C13H25N5. The van der Waals surface area contributed by atoms with Crippen molar-refractivity contribution in [1.82, 2.24) is 14.7 Å². The molecule has 2 rings (SSSR count). The van der Waals surface area contributed by atoms with Crippen LogP contribution in [0.4, 0.5) is 11.5 Å². The van der Waals surface area contributed by atoms with E-state index in [1.54, 1.807) is 0 Å². The normalized spacial score (nSPS) is 22.2. The maximum atomic E-state index is 6.25. The van der Waals surface area contributed by atoms with E-state index >= 15 is 0 Å². The Morgan fingerprint density at radius 2 is 2.06 bits per heavy atom. The van der Waals surface area contributed by atoms with Crippen molar-refractivity contribution in [1.29, 1.82) is 0 Å². The Labute approximate surface area is 110 Å². The summed E-state index contributed by atoms with van der Waals surface area (Å²) >= 11 is 0. The van der Waals surface area contributed by atoms with Crippen molar-refractivity contribution < 1.29 is 0 Å². The molecule has 0 spiro atoms. The predicted molar refractivity (Wildman–Crippen MR) is 75.9 cm³/mol. The van der Waals surface area contributed by atoms with Crippen molar-refractivity contribution >= 4 is 11.5 Å². The Morgan fingerprint density at radius 1 is 1.33 bits per heavy atom. The number of rotatable bonds is 2. The van der Waals surface area contributed by atoms with E-state index in [0.29, 0.717) is 6.04 Å². The molecule has 1 aliphatic heterocycles. The summed E-state index contributed by atoms with van der Waals surface area (Å²) in [6.45, 7) is 7.64. The summed E-state index contributed by atoms with van der Waals surface area (Å²) in [5, 5.41) is 4.52. The first kappa shape index (κ1) is 13.2. The molecule has 18 heavy (non-hydrogen) atoms. The number of nitrogens with two attached hydrogens (primary N) is 1. The number of aromatic nitrogens is 2. The lowest BCUT2D eigenvalue weighted by Crippen LogP contribution is -2.39. The molecule has 1 aromatic heterocycles. The Kier molecular flexibility index (Phi) is 3.80. The van der Waals surface area contributed by atoms with Crippen LogP contribution in [0.3, 0.4) is 0 Å². The average Bonchev–Trinajstić information content (AvgIpc) is 2.49. The van der Waals surface area contributed by atoms with Crippen molar-refractivity contribution in [3.8, 4) is 0 Å². The van der Waals surface area contributed by atoms with Crippen LogP contribution in [-0.2, 0) is 13.5 Å². The van der Waals surface area contributed by atoms with Gasteiger partial charge < -0.3 is 15.5 Å². The molecule has 5 nitrogen and oxygen atoms in total. The minimum absolute atomic E-state index is 0.472. The fraction of sp³-hybridized carbons (Fsp3) is 0.769. The highest BCUT2D eigenvalue weighted by molar-refractivity contribution is 5.67. The minimum atomic E-state index is 0.472. The smallest absolute Gasteiger partial charge is 0.150 e. The van der Waals surface area contributed by atoms with Gasteiger partial charge in [0.15, 0.2) is 5.82 Å². The van der Waals surface area contributed by atoms with Crippen LogP contribution in [0.2, 0.25) is 0 Å². The van der Waals surface area contributed by atoms with Crippen molar-refractivity contribution in [3.63, 3.8) is 0 Å². The second-order valence-electron chi connectivity index (χ2n) is 5.32. The molecular weight excluding hydrogens is 226 g/mol. The van der Waals surface area contributed by atoms with E-state index in [0.717, 1.165) is 43.3 Å². The summed E-state index contributed by atoms with van der Waals surface area (Å²) in [6, 6.07) is 0.472. The van der Waals surface area contributed by atoms with Gasteiger partial charge in [-0.1, -0.05) is 6.92 Å². The standard InChI is InChI=1S/C13H25N5/c1-5-11-12(14)13(17(4)15-11)18-8-6-7-16(3)9-10(18)2/h10H,5-9,14H2,1-4H3. The van der Waals surface area contributed by atoms with Crippen molar-refractivity contribution in [2.75, 3.05) is 37.3 Å². The largest absolute Gasteiger partial charge is 0.394 e. The van der Waals surface area contributed by atoms with Crippen LogP contribution in [0.15, 0.2) is 0 Å². The molecule has 1 aromatic rings. The van der Waals surface area contributed by atoms with Gasteiger partial charge >= 0.3 is 0 Å². The lowest BCUT2D eigenvalue weighted by atomic mass is 10.2. The summed E-state index contributed by atoms with van der Waals surface area (Å²) < 4.78 is 1.94. The molecule has 2 heterocycles. The summed E-state index contributed by atoms with van der Waals surface area (Å²) in [4.78, 5) is 4.79. The Balaban J connectivity index is 2.32. The number of nitrogen functional groups attached to an aromatic ring is 1. The van der Waals surface area contributed by atoms with E-state index in [4.69, 9.17) is 5.73 Å². The molecule has 0 aliphatic carbocycles. The monoisotopic (exact) mass is 251 g/mol. The zero-order valence-corrected chi connectivity index (χ0v) is 12.0. The fourth-order valence-corrected chi connectivity index (χ4v) is 2.87. The molecule has 1 unspecified atom stereocenters. The molecule has 0 bridgehead atoms. The van der Waals surface area contributed by atoms with Crippen LogP contribution in [0.1, 0.15) is 26.0 Å². The molecule has 2 N–H and O–H groups in total. The lowest BCUT2D eigenvalue weighted by Gasteiger charge is -2.30. The van der Waals surface area contributed by atoms with Gasteiger partial charge in [-0.3, -0.25) is 4.68 Å². The molecule has 0 saturated carbocycles. The highest BCUT2D eigenvalue weighted by Crippen LogP contribution is 2.29. The van der Waals surface area contributed by atoms with Crippen LogP contribution in [0.25, 0.3) is 0 Å². The van der Waals surface area contributed by atoms with Crippen molar-refractivity contribution in [2.24, 2.45) is 7.05 Å². The zero-order chi connectivity index (χ0) is 13.3. The molecule has 102 valence electrons. The Bertz CT molecular complexity index is 412. The van der Waals surface area contributed by atoms with Gasteiger partial charge in [-0.15, -0.1) is 0 Å². The minimum Gasteiger partial charge on any atom is -0.394 e. The van der Waals surface area contributed by atoms with Crippen LogP contribution >= 0.6 is 0 Å². The summed E-state index contributed by atoms with van der Waals surface area (Å²) in [5.41, 5.74) is 8.12. The molecule has 0 radical (unpaired) electrons. The highest BCUT2D eigenvalue weighted by Gasteiger charge is 2.25. The van der Waals surface area contributed by atoms with Crippen LogP contribution < -0.4 is 10.6 Å². The van der Waals surface area contributed by atoms with Gasteiger partial charge in [0, 0.05) is 26.2 Å². The summed E-state index contributed by atoms with van der Waals surface area (Å²) in [7, 11) is 4.18. The van der Waals surface area contributed by atoms with E-state index in [1.807, 2.05) is 11.7 Å². The van der Waals surface area contributed by atoms with E-state index in [-0.39, 0.29) is 0 Å². The third kappa shape index (κ3) is 2.32. The van der Waals surface area contributed by atoms with Gasteiger partial charge in [0.1, 0.15) is 0 Å². The van der Waals surface area contributed by atoms with Crippen molar-refractivity contribution in [2.45, 2.75) is 32.7 Å². The number of likely N-dealkylation sites (N-methyl/N-ethyl adjacent to an activating group) is 1. The lowest BCUT2D eigenvalue weighted by molar-refractivity contribution is 0.337. The number of aryl methyl sites for hydroxylation is 2. The van der Waals surface area contributed by atoms with Gasteiger partial charge in [0.25, 0.3) is 0 Å². The zero-order valence-electron chi connectivity index (χ0n) is 12.0. The first-order valence-corrected chi connectivity index (χ1v) is 6.81. The molecule has 0 amide bonds. The molecule has 1 fully saturated rings. The van der Waals surface area contributed by atoms with E-state index < -0.39 is 0 Å². The van der Waals surface area contributed by atoms with Crippen LogP contribution in [-0.4, -0.2) is 47.4 Å². The molecule has 1 aliphatic rings. The van der Waals surface area contributed by atoms with Gasteiger partial charge in [0.2, 0.25) is 0 Å². The highest BCUT2D eigenvalue weighted by atomic mass is 15.4. The van der Waals surface area contributed by atoms with E-state index in [1.165, 1.54) is 6.42 Å². The summed E-state index contributed by atoms with van der Waals surface area (Å²) in [6.07, 6.45) is 2.06. The molecule has 1 saturated heterocycles. The van der Waals surface area contributed by atoms with Crippen LogP contribution in [0, 0.1) is 0 Å². The summed E-state index contributed by atoms with van der Waals surface area (Å²) in [5.74, 6) is 1.09. The molecule has 5 heteroatoms. The second-order valence-corrected chi connectivity index (χ2v) is 5.32. The number of hydrogen-bond donors (Lipinski definition) is 1. The van der Waals surface area contributed by atoms with E-state index in [9.17, 15) is 0 Å². The third-order valence-electron chi connectivity index (χ3n) is 3.78. The first-order chi connectivity index (χ1) is 8.54. The molecule has 0 aromatic carbocycles.